The number of carbonyl (C=O) groups excluding carboxylic acids is 1. The minimum atomic E-state index is -0.250. The van der Waals surface area contributed by atoms with E-state index >= 15 is 0 Å². The van der Waals surface area contributed by atoms with Crippen LogP contribution in [-0.4, -0.2) is 12.9 Å². The molecule has 4 nitrogen and oxygen atoms in total. The Morgan fingerprint density at radius 1 is 0.903 bits per heavy atom. The van der Waals surface area contributed by atoms with Crippen molar-refractivity contribution < 1.29 is 9.53 Å². The molecular formula is C26H23ClN2O2. The van der Waals surface area contributed by atoms with Crippen molar-refractivity contribution in [2.75, 3.05) is 17.7 Å². The van der Waals surface area contributed by atoms with Gasteiger partial charge in [0.25, 0.3) is 0 Å². The zero-order chi connectivity index (χ0) is 21.4. The molecule has 0 fully saturated rings. The van der Waals surface area contributed by atoms with Gasteiger partial charge >= 0.3 is 0 Å². The molecule has 156 valence electrons. The average molecular weight is 431 g/mol. The van der Waals surface area contributed by atoms with Gasteiger partial charge < -0.3 is 15.4 Å². The monoisotopic (exact) mass is 430 g/mol. The topological polar surface area (TPSA) is 50.4 Å². The number of Topliss-reactive ketones (excluding diaryl/α,β-unsaturated/α-hetero) is 1. The Morgan fingerprint density at radius 2 is 1.68 bits per heavy atom. The number of anilines is 2. The Bertz CT molecular complexity index is 1170. The molecule has 1 aliphatic heterocycles. The average Bonchev–Trinajstić information content (AvgIpc) is 2.96. The molecule has 0 bridgehead atoms. The molecule has 2 atom stereocenters. The minimum absolute atomic E-state index is 0.118. The van der Waals surface area contributed by atoms with Gasteiger partial charge in [-0.15, -0.1) is 0 Å². The highest BCUT2D eigenvalue weighted by Crippen LogP contribution is 2.44. The Morgan fingerprint density at radius 3 is 2.45 bits per heavy atom. The quantitative estimate of drug-likeness (QED) is 0.509. The van der Waals surface area contributed by atoms with Crippen LogP contribution in [0.1, 0.15) is 35.9 Å². The largest absolute Gasteiger partial charge is 0.497 e. The van der Waals surface area contributed by atoms with E-state index in [0.717, 1.165) is 45.9 Å². The molecule has 1 heterocycles. The van der Waals surface area contributed by atoms with Gasteiger partial charge in [-0.05, 0) is 59.9 Å². The lowest BCUT2D eigenvalue weighted by molar-refractivity contribution is -0.116. The number of nitrogens with one attached hydrogen (secondary N) is 2. The summed E-state index contributed by atoms with van der Waals surface area (Å²) in [5, 5.41) is 7.88. The molecule has 3 aromatic carbocycles. The van der Waals surface area contributed by atoms with E-state index in [4.69, 9.17) is 16.3 Å². The fraction of sp³-hybridized carbons (Fsp3) is 0.192. The van der Waals surface area contributed by atoms with E-state index in [2.05, 4.69) is 10.6 Å². The summed E-state index contributed by atoms with van der Waals surface area (Å²) in [6.07, 6.45) is 1.24. The first-order valence-electron chi connectivity index (χ1n) is 10.4. The van der Waals surface area contributed by atoms with Gasteiger partial charge in [-0.1, -0.05) is 48.0 Å². The second-order valence-electron chi connectivity index (χ2n) is 8.00. The maximum atomic E-state index is 13.5. The van der Waals surface area contributed by atoms with E-state index in [9.17, 15) is 4.79 Å². The molecule has 5 heteroatoms. The van der Waals surface area contributed by atoms with Gasteiger partial charge in [0.1, 0.15) is 5.75 Å². The van der Waals surface area contributed by atoms with Gasteiger partial charge in [-0.25, -0.2) is 0 Å². The predicted octanol–water partition coefficient (Wildman–Crippen LogP) is 6.33. The normalized spacial score (nSPS) is 20.1. The molecule has 5 rings (SSSR count). The summed E-state index contributed by atoms with van der Waals surface area (Å²) < 4.78 is 5.44. The summed E-state index contributed by atoms with van der Waals surface area (Å²) in [5.74, 6) is 1.04. The summed E-state index contributed by atoms with van der Waals surface area (Å²) >= 11 is 6.07. The van der Waals surface area contributed by atoms with Crippen LogP contribution in [0.3, 0.4) is 0 Å². The van der Waals surface area contributed by atoms with Crippen LogP contribution >= 0.6 is 11.6 Å². The smallest absolute Gasteiger partial charge is 0.163 e. The Kier molecular flexibility index (Phi) is 5.16. The van der Waals surface area contributed by atoms with Crippen molar-refractivity contribution in [2.45, 2.75) is 24.8 Å². The Labute approximate surface area is 186 Å². The van der Waals surface area contributed by atoms with E-state index in [1.54, 1.807) is 7.11 Å². The summed E-state index contributed by atoms with van der Waals surface area (Å²) in [7, 11) is 1.66. The highest BCUT2D eigenvalue weighted by molar-refractivity contribution is 6.30. The van der Waals surface area contributed by atoms with Crippen molar-refractivity contribution in [3.63, 3.8) is 0 Å². The number of ketones is 1. The first kappa shape index (κ1) is 19.7. The van der Waals surface area contributed by atoms with E-state index < -0.39 is 0 Å². The van der Waals surface area contributed by atoms with E-state index in [1.165, 1.54) is 0 Å². The second-order valence-corrected chi connectivity index (χ2v) is 8.43. The zero-order valence-corrected chi connectivity index (χ0v) is 17.9. The molecule has 0 unspecified atom stereocenters. The number of halogens is 1. The summed E-state index contributed by atoms with van der Waals surface area (Å²) in [6.45, 7) is 0. The number of rotatable bonds is 3. The van der Waals surface area contributed by atoms with Gasteiger partial charge in [-0.3, -0.25) is 4.79 Å². The van der Waals surface area contributed by atoms with Crippen molar-refractivity contribution in [3.8, 4) is 5.75 Å². The second kappa shape index (κ2) is 8.12. The number of hydrogen-bond acceptors (Lipinski definition) is 4. The third-order valence-electron chi connectivity index (χ3n) is 6.08. The van der Waals surface area contributed by atoms with E-state index in [1.807, 2.05) is 72.8 Å². The van der Waals surface area contributed by atoms with Crippen LogP contribution in [0.25, 0.3) is 0 Å². The maximum absolute atomic E-state index is 13.5. The van der Waals surface area contributed by atoms with Crippen LogP contribution in [0.4, 0.5) is 11.4 Å². The van der Waals surface area contributed by atoms with E-state index in [0.29, 0.717) is 11.4 Å². The zero-order valence-electron chi connectivity index (χ0n) is 17.2. The summed E-state index contributed by atoms with van der Waals surface area (Å²) in [6, 6.07) is 23.6. The van der Waals surface area contributed by atoms with Gasteiger partial charge in [0, 0.05) is 22.7 Å². The molecule has 0 saturated heterocycles. The summed E-state index contributed by atoms with van der Waals surface area (Å²) in [4.78, 5) is 13.5. The number of fused-ring (bicyclic) bond motifs is 1. The van der Waals surface area contributed by atoms with Gasteiger partial charge in [0.2, 0.25) is 0 Å². The lowest BCUT2D eigenvalue weighted by Crippen LogP contribution is -2.26. The molecule has 2 N–H and O–H groups in total. The molecule has 0 radical (unpaired) electrons. The number of allylic oxidation sites excluding steroid dienone is 1. The molecule has 0 spiro atoms. The third kappa shape index (κ3) is 3.79. The lowest BCUT2D eigenvalue weighted by Gasteiger charge is -2.30. The van der Waals surface area contributed by atoms with Gasteiger partial charge in [0.05, 0.1) is 24.5 Å². The van der Waals surface area contributed by atoms with Crippen molar-refractivity contribution >= 4 is 28.8 Å². The van der Waals surface area contributed by atoms with Crippen LogP contribution in [0.15, 0.2) is 84.1 Å². The van der Waals surface area contributed by atoms with Crippen LogP contribution in [-0.2, 0) is 4.79 Å². The lowest BCUT2D eigenvalue weighted by atomic mass is 9.78. The number of ether oxygens (including phenoxy) is 1. The molecular weight excluding hydrogens is 408 g/mol. The van der Waals surface area contributed by atoms with E-state index in [-0.39, 0.29) is 17.7 Å². The fourth-order valence-corrected chi connectivity index (χ4v) is 4.66. The molecule has 31 heavy (non-hydrogen) atoms. The van der Waals surface area contributed by atoms with Crippen LogP contribution in [0.5, 0.6) is 5.75 Å². The molecule has 0 aromatic heterocycles. The number of benzene rings is 3. The molecule has 0 amide bonds. The van der Waals surface area contributed by atoms with Crippen molar-refractivity contribution in [2.24, 2.45) is 0 Å². The number of hydrogen-bond donors (Lipinski definition) is 2. The summed E-state index contributed by atoms with van der Waals surface area (Å²) in [5.41, 5.74) is 5.86. The number of para-hydroxylation sites is 2. The number of methoxy groups -OCH3 is 1. The predicted molar refractivity (Wildman–Crippen MR) is 125 cm³/mol. The highest BCUT2D eigenvalue weighted by Gasteiger charge is 2.36. The van der Waals surface area contributed by atoms with Crippen LogP contribution < -0.4 is 15.4 Å². The Hall–Kier alpha value is -3.24. The van der Waals surface area contributed by atoms with Crippen LogP contribution in [0.2, 0.25) is 5.02 Å². The van der Waals surface area contributed by atoms with Gasteiger partial charge in [0.15, 0.2) is 5.78 Å². The fourth-order valence-electron chi connectivity index (χ4n) is 4.53. The SMILES string of the molecule is COc1cccc([C@H]2Nc3ccccc3NC3=C2C(=O)C[C@H](c2ccc(Cl)cc2)C3)c1. The highest BCUT2D eigenvalue weighted by atomic mass is 35.5. The Balaban J connectivity index is 1.60. The number of carbonyl (C=O) groups is 1. The van der Waals surface area contributed by atoms with Crippen molar-refractivity contribution in [1.82, 2.24) is 0 Å². The minimum Gasteiger partial charge on any atom is -0.497 e. The first-order chi connectivity index (χ1) is 15.1. The first-order valence-corrected chi connectivity index (χ1v) is 10.8. The molecule has 2 aliphatic rings. The van der Waals surface area contributed by atoms with Crippen LogP contribution in [0, 0.1) is 0 Å². The third-order valence-corrected chi connectivity index (χ3v) is 6.33. The van der Waals surface area contributed by atoms with Crippen molar-refractivity contribution in [1.29, 1.82) is 0 Å². The van der Waals surface area contributed by atoms with Gasteiger partial charge in [-0.2, -0.15) is 0 Å². The van der Waals surface area contributed by atoms with Crippen molar-refractivity contribution in [3.05, 3.63) is 100 Å². The molecule has 1 aliphatic carbocycles. The standard InChI is InChI=1S/C26H23ClN2O2/c1-31-20-6-4-5-17(13-20)26-25-23(28-21-7-2-3-8-22(21)29-26)14-18(15-24(25)30)16-9-11-19(27)12-10-16/h2-13,18,26,28-29H,14-15H2,1H3/t18-,26-/m1/s1. The maximum Gasteiger partial charge on any atom is 0.163 e. The molecule has 3 aromatic rings. The molecule has 0 saturated carbocycles.